The van der Waals surface area contributed by atoms with Crippen LogP contribution in [-0.4, -0.2) is 62.8 Å². The summed E-state index contributed by atoms with van der Waals surface area (Å²) in [7, 11) is 1.62. The zero-order valence-electron chi connectivity index (χ0n) is 19.2. The van der Waals surface area contributed by atoms with Crippen LogP contribution in [-0.2, 0) is 15.0 Å². The van der Waals surface area contributed by atoms with Gasteiger partial charge in [0.1, 0.15) is 23.1 Å². The Morgan fingerprint density at radius 2 is 1.91 bits per heavy atom. The molecule has 2 amide bonds. The molecule has 3 heterocycles. The Labute approximate surface area is 197 Å². The molecule has 0 spiro atoms. The highest BCUT2D eigenvalue weighted by molar-refractivity contribution is 5.99. The molecule has 9 nitrogen and oxygen atoms in total. The molecule has 2 aliphatic rings. The van der Waals surface area contributed by atoms with E-state index in [1.165, 1.54) is 0 Å². The number of likely N-dealkylation sites (tertiary alicyclic amines) is 1. The molecule has 2 atom stereocenters. The molecule has 0 radical (unpaired) electrons. The second-order valence-electron chi connectivity index (χ2n) is 9.22. The summed E-state index contributed by atoms with van der Waals surface area (Å²) in [6.45, 7) is 0.142. The fourth-order valence-electron chi connectivity index (χ4n) is 5.36. The number of aliphatic hydroxyl groups is 1. The van der Waals surface area contributed by atoms with Crippen molar-refractivity contribution in [3.63, 3.8) is 0 Å². The van der Waals surface area contributed by atoms with E-state index in [0.717, 1.165) is 48.9 Å². The smallest absolute Gasteiger partial charge is 0.248 e. The third kappa shape index (κ3) is 4.00. The van der Waals surface area contributed by atoms with Crippen LogP contribution in [0.15, 0.2) is 42.6 Å². The van der Waals surface area contributed by atoms with Crippen LogP contribution >= 0.6 is 0 Å². The van der Waals surface area contributed by atoms with Crippen molar-refractivity contribution in [3.8, 4) is 5.75 Å². The molecule has 0 bridgehead atoms. The minimum atomic E-state index is -0.763. The standard InChI is InChI=1S/C25H29N5O4/c1-34-18-7-5-16(6-8-18)25(11-3-2-4-12-25)24(33)30-15-17(31)13-21(30)23(32)28-22-10-9-19-20(27-22)14-26-29-19/h5-10,14,17,21,31H,2-4,11-13,15H2,1H3,(H,26,29)(H,27,28,32)/t17-,21+/m0/s1. The molecule has 3 aromatic rings. The third-order valence-corrected chi connectivity index (χ3v) is 7.15. The Balaban J connectivity index is 1.41. The maximum absolute atomic E-state index is 14.1. The van der Waals surface area contributed by atoms with Crippen molar-refractivity contribution in [3.05, 3.63) is 48.2 Å². The topological polar surface area (TPSA) is 120 Å². The zero-order valence-corrected chi connectivity index (χ0v) is 19.2. The first-order valence-electron chi connectivity index (χ1n) is 11.7. The lowest BCUT2D eigenvalue weighted by molar-refractivity contribution is -0.143. The summed E-state index contributed by atoms with van der Waals surface area (Å²) in [5, 5.41) is 20.1. The summed E-state index contributed by atoms with van der Waals surface area (Å²) in [5.41, 5.74) is 1.63. The molecule has 178 valence electrons. The number of hydrogen-bond donors (Lipinski definition) is 3. The number of pyridine rings is 1. The van der Waals surface area contributed by atoms with Gasteiger partial charge < -0.3 is 20.1 Å². The van der Waals surface area contributed by atoms with Gasteiger partial charge in [0.15, 0.2) is 0 Å². The van der Waals surface area contributed by atoms with Crippen LogP contribution in [0.2, 0.25) is 0 Å². The van der Waals surface area contributed by atoms with Gasteiger partial charge in [-0.05, 0) is 42.7 Å². The first-order chi connectivity index (χ1) is 16.5. The number of benzene rings is 1. The van der Waals surface area contributed by atoms with Gasteiger partial charge in [0.25, 0.3) is 0 Å². The quantitative estimate of drug-likeness (QED) is 0.535. The lowest BCUT2D eigenvalue weighted by Crippen LogP contribution is -2.52. The molecule has 5 rings (SSSR count). The summed E-state index contributed by atoms with van der Waals surface area (Å²) in [6, 6.07) is 10.4. The van der Waals surface area contributed by atoms with Crippen molar-refractivity contribution < 1.29 is 19.4 Å². The normalized spacial score (nSPS) is 22.0. The number of aliphatic hydroxyl groups excluding tert-OH is 1. The zero-order chi connectivity index (χ0) is 23.7. The van der Waals surface area contributed by atoms with E-state index in [2.05, 4.69) is 20.5 Å². The highest BCUT2D eigenvalue weighted by Gasteiger charge is 2.49. The van der Waals surface area contributed by atoms with Gasteiger partial charge in [0, 0.05) is 13.0 Å². The Morgan fingerprint density at radius 3 is 2.65 bits per heavy atom. The SMILES string of the molecule is COc1ccc(C2(C(=O)N3C[C@@H](O)C[C@@H]3C(=O)Nc3ccc4[nH]ncc4n3)CCCCC2)cc1. The van der Waals surface area contributed by atoms with Crippen molar-refractivity contribution in [1.82, 2.24) is 20.1 Å². The Kier molecular flexibility index (Phi) is 5.95. The van der Waals surface area contributed by atoms with Gasteiger partial charge in [-0.1, -0.05) is 31.4 Å². The van der Waals surface area contributed by atoms with E-state index in [-0.39, 0.29) is 24.8 Å². The largest absolute Gasteiger partial charge is 0.497 e. The second-order valence-corrected chi connectivity index (χ2v) is 9.22. The lowest BCUT2D eigenvalue weighted by atomic mass is 9.68. The Morgan fingerprint density at radius 1 is 1.15 bits per heavy atom. The minimum Gasteiger partial charge on any atom is -0.497 e. The van der Waals surface area contributed by atoms with Gasteiger partial charge in [-0.25, -0.2) is 4.98 Å². The van der Waals surface area contributed by atoms with Crippen LogP contribution in [0.1, 0.15) is 44.1 Å². The van der Waals surface area contributed by atoms with Crippen LogP contribution in [0.4, 0.5) is 5.82 Å². The van der Waals surface area contributed by atoms with E-state index in [1.807, 2.05) is 24.3 Å². The van der Waals surface area contributed by atoms with Gasteiger partial charge in [0.2, 0.25) is 11.8 Å². The molecule has 1 aliphatic heterocycles. The first-order valence-corrected chi connectivity index (χ1v) is 11.7. The van der Waals surface area contributed by atoms with Gasteiger partial charge in [-0.15, -0.1) is 0 Å². The average Bonchev–Trinajstić information content (AvgIpc) is 3.50. The molecular formula is C25H29N5O4. The molecule has 2 fully saturated rings. The lowest BCUT2D eigenvalue weighted by Gasteiger charge is -2.40. The molecular weight excluding hydrogens is 434 g/mol. The Bertz CT molecular complexity index is 1190. The van der Waals surface area contributed by atoms with Crippen LogP contribution in [0.3, 0.4) is 0 Å². The second kappa shape index (κ2) is 9.06. The van der Waals surface area contributed by atoms with Crippen molar-refractivity contribution >= 4 is 28.7 Å². The number of H-pyrrole nitrogens is 1. The number of hydrogen-bond acceptors (Lipinski definition) is 6. The molecule has 1 aromatic carbocycles. The molecule has 2 aromatic heterocycles. The minimum absolute atomic E-state index is 0.0905. The number of fused-ring (bicyclic) bond motifs is 1. The number of carbonyl (C=O) groups excluding carboxylic acids is 2. The summed E-state index contributed by atoms with van der Waals surface area (Å²) < 4.78 is 5.30. The summed E-state index contributed by atoms with van der Waals surface area (Å²) in [4.78, 5) is 33.3. The number of nitrogens with zero attached hydrogens (tertiary/aromatic N) is 3. The van der Waals surface area contributed by atoms with Crippen molar-refractivity contribution in [1.29, 1.82) is 0 Å². The van der Waals surface area contributed by atoms with E-state index in [1.54, 1.807) is 30.3 Å². The number of aromatic nitrogens is 3. The number of rotatable bonds is 5. The number of aromatic amines is 1. The predicted octanol–water partition coefficient (Wildman–Crippen LogP) is 2.77. The monoisotopic (exact) mass is 463 g/mol. The van der Waals surface area contributed by atoms with E-state index in [9.17, 15) is 14.7 Å². The molecule has 1 aliphatic carbocycles. The first kappa shape index (κ1) is 22.3. The van der Waals surface area contributed by atoms with E-state index < -0.39 is 17.6 Å². The van der Waals surface area contributed by atoms with E-state index in [4.69, 9.17) is 4.74 Å². The third-order valence-electron chi connectivity index (χ3n) is 7.15. The maximum atomic E-state index is 14.1. The number of anilines is 1. The highest BCUT2D eigenvalue weighted by atomic mass is 16.5. The number of β-amino-alcohol motifs (C(OH)–C–C–N with tert-alkyl or cyclic N) is 1. The summed E-state index contributed by atoms with van der Waals surface area (Å²) >= 11 is 0. The molecule has 0 unspecified atom stereocenters. The van der Waals surface area contributed by atoms with Crippen LogP contribution in [0.5, 0.6) is 5.75 Å². The summed E-state index contributed by atoms with van der Waals surface area (Å²) in [6.07, 6.45) is 5.45. The van der Waals surface area contributed by atoms with E-state index >= 15 is 0 Å². The number of methoxy groups -OCH3 is 1. The number of nitrogens with one attached hydrogen (secondary N) is 2. The van der Waals surface area contributed by atoms with Gasteiger partial charge in [-0.3, -0.25) is 14.7 Å². The van der Waals surface area contributed by atoms with Crippen molar-refractivity contribution in [2.24, 2.45) is 0 Å². The predicted molar refractivity (Wildman–Crippen MR) is 126 cm³/mol. The average molecular weight is 464 g/mol. The molecule has 34 heavy (non-hydrogen) atoms. The number of carbonyl (C=O) groups is 2. The van der Waals surface area contributed by atoms with Crippen molar-refractivity contribution in [2.45, 2.75) is 56.1 Å². The molecule has 3 N–H and O–H groups in total. The van der Waals surface area contributed by atoms with Gasteiger partial charge in [-0.2, -0.15) is 5.10 Å². The summed E-state index contributed by atoms with van der Waals surface area (Å²) in [5.74, 6) is 0.682. The van der Waals surface area contributed by atoms with Crippen LogP contribution < -0.4 is 10.1 Å². The molecule has 1 saturated carbocycles. The van der Waals surface area contributed by atoms with Crippen LogP contribution in [0.25, 0.3) is 11.0 Å². The van der Waals surface area contributed by atoms with Gasteiger partial charge >= 0.3 is 0 Å². The number of amides is 2. The number of ether oxygens (including phenoxy) is 1. The van der Waals surface area contributed by atoms with Gasteiger partial charge in [0.05, 0.1) is 30.3 Å². The Hall–Kier alpha value is -3.46. The highest BCUT2D eigenvalue weighted by Crippen LogP contribution is 2.43. The fraction of sp³-hybridized carbons (Fsp3) is 0.440. The molecule has 9 heteroatoms. The van der Waals surface area contributed by atoms with Crippen LogP contribution in [0, 0.1) is 0 Å². The van der Waals surface area contributed by atoms with Crippen molar-refractivity contribution in [2.75, 3.05) is 19.0 Å². The fourth-order valence-corrected chi connectivity index (χ4v) is 5.36. The maximum Gasteiger partial charge on any atom is 0.248 e. The van der Waals surface area contributed by atoms with E-state index in [0.29, 0.717) is 11.3 Å². The molecule has 1 saturated heterocycles.